The summed E-state index contributed by atoms with van der Waals surface area (Å²) in [6.45, 7) is 9.13. The minimum Gasteiger partial charge on any atom is -0.432 e. The van der Waals surface area contributed by atoms with Crippen molar-refractivity contribution in [3.8, 4) is 0 Å². The number of likely N-dealkylation sites (N-methyl/N-ethyl adjacent to an activating group) is 1. The molecular weight excluding hydrogens is 228 g/mol. The summed E-state index contributed by atoms with van der Waals surface area (Å²) in [6, 6.07) is 1.37. The van der Waals surface area contributed by atoms with E-state index in [4.69, 9.17) is 4.42 Å². The highest BCUT2D eigenvalue weighted by Crippen LogP contribution is 2.19. The summed E-state index contributed by atoms with van der Waals surface area (Å²) in [5, 5.41) is 3.26. The Morgan fingerprint density at radius 3 is 3.00 bits per heavy atom. The smallest absolute Gasteiger partial charge is 0.297 e. The van der Waals surface area contributed by atoms with E-state index in [2.05, 4.69) is 41.0 Å². The Kier molecular flexibility index (Phi) is 4.60. The standard InChI is InChI=1S/C13H24N4O/c1-4-12-9-17(7-6-16(12)3)13-15-11(10-18-13)8-14-5-2/h10,12,14H,4-9H2,1-3H3. The predicted octanol–water partition coefficient (Wildman–Crippen LogP) is 1.31. The first kappa shape index (κ1) is 13.4. The molecule has 1 aliphatic rings. The molecule has 2 rings (SSSR count). The zero-order valence-corrected chi connectivity index (χ0v) is 11.6. The van der Waals surface area contributed by atoms with E-state index in [0.717, 1.165) is 50.9 Å². The number of hydrogen-bond acceptors (Lipinski definition) is 5. The molecule has 1 aromatic heterocycles. The van der Waals surface area contributed by atoms with Gasteiger partial charge in [0.2, 0.25) is 0 Å². The van der Waals surface area contributed by atoms with Crippen molar-refractivity contribution in [2.45, 2.75) is 32.9 Å². The van der Waals surface area contributed by atoms with Crippen LogP contribution in [0.15, 0.2) is 10.7 Å². The summed E-state index contributed by atoms with van der Waals surface area (Å²) < 4.78 is 5.59. The van der Waals surface area contributed by atoms with Gasteiger partial charge in [0.15, 0.2) is 0 Å². The van der Waals surface area contributed by atoms with Crippen LogP contribution in [0, 0.1) is 0 Å². The Balaban J connectivity index is 1.96. The lowest BCUT2D eigenvalue weighted by Crippen LogP contribution is -2.51. The van der Waals surface area contributed by atoms with Crippen LogP contribution in [0.2, 0.25) is 0 Å². The molecule has 0 amide bonds. The maximum absolute atomic E-state index is 5.59. The van der Waals surface area contributed by atoms with Gasteiger partial charge in [-0.2, -0.15) is 4.98 Å². The van der Waals surface area contributed by atoms with Crippen LogP contribution in [0.25, 0.3) is 0 Å². The molecule has 2 heterocycles. The van der Waals surface area contributed by atoms with Crippen LogP contribution in [0.1, 0.15) is 26.0 Å². The molecule has 5 nitrogen and oxygen atoms in total. The minimum atomic E-state index is 0.600. The first-order chi connectivity index (χ1) is 8.74. The summed E-state index contributed by atoms with van der Waals surface area (Å²) in [5.41, 5.74) is 0.985. The van der Waals surface area contributed by atoms with Gasteiger partial charge in [-0.05, 0) is 20.0 Å². The zero-order valence-electron chi connectivity index (χ0n) is 11.6. The first-order valence-electron chi connectivity index (χ1n) is 6.84. The molecule has 1 unspecified atom stereocenters. The lowest BCUT2D eigenvalue weighted by Gasteiger charge is -2.38. The lowest BCUT2D eigenvalue weighted by atomic mass is 10.1. The molecule has 1 atom stereocenters. The normalized spacial score (nSPS) is 21.5. The third-order valence-corrected chi connectivity index (χ3v) is 3.61. The number of aromatic nitrogens is 1. The number of piperazine rings is 1. The fraction of sp³-hybridized carbons (Fsp3) is 0.769. The fourth-order valence-electron chi connectivity index (χ4n) is 2.34. The van der Waals surface area contributed by atoms with Gasteiger partial charge in [0.25, 0.3) is 6.01 Å². The largest absolute Gasteiger partial charge is 0.432 e. The van der Waals surface area contributed by atoms with E-state index >= 15 is 0 Å². The predicted molar refractivity (Wildman–Crippen MR) is 72.8 cm³/mol. The van der Waals surface area contributed by atoms with Crippen molar-refractivity contribution in [2.75, 3.05) is 38.1 Å². The number of anilines is 1. The van der Waals surface area contributed by atoms with Gasteiger partial charge >= 0.3 is 0 Å². The Bertz CT molecular complexity index is 366. The highest BCUT2D eigenvalue weighted by Gasteiger charge is 2.25. The molecule has 0 aliphatic carbocycles. The number of hydrogen-bond donors (Lipinski definition) is 1. The van der Waals surface area contributed by atoms with Gasteiger partial charge in [0.05, 0.1) is 5.69 Å². The first-order valence-corrected chi connectivity index (χ1v) is 6.84. The van der Waals surface area contributed by atoms with Crippen LogP contribution in [0.4, 0.5) is 6.01 Å². The molecule has 102 valence electrons. The highest BCUT2D eigenvalue weighted by atomic mass is 16.4. The molecular formula is C13H24N4O. The maximum Gasteiger partial charge on any atom is 0.297 e. The number of nitrogens with one attached hydrogen (secondary N) is 1. The molecule has 1 aromatic rings. The van der Waals surface area contributed by atoms with Crippen molar-refractivity contribution in [3.63, 3.8) is 0 Å². The molecule has 1 aliphatic heterocycles. The van der Waals surface area contributed by atoms with Crippen molar-refractivity contribution >= 4 is 6.01 Å². The van der Waals surface area contributed by atoms with E-state index in [-0.39, 0.29) is 0 Å². The van der Waals surface area contributed by atoms with E-state index in [1.807, 2.05) is 0 Å². The van der Waals surface area contributed by atoms with Crippen LogP contribution < -0.4 is 10.2 Å². The molecule has 0 spiro atoms. The highest BCUT2D eigenvalue weighted by molar-refractivity contribution is 5.28. The maximum atomic E-state index is 5.59. The second-order valence-corrected chi connectivity index (χ2v) is 4.89. The Morgan fingerprint density at radius 2 is 2.28 bits per heavy atom. The van der Waals surface area contributed by atoms with E-state index in [9.17, 15) is 0 Å². The summed E-state index contributed by atoms with van der Waals surface area (Å²) in [7, 11) is 2.19. The lowest BCUT2D eigenvalue weighted by molar-refractivity contribution is 0.209. The van der Waals surface area contributed by atoms with Crippen LogP contribution in [-0.4, -0.2) is 49.2 Å². The minimum absolute atomic E-state index is 0.600. The van der Waals surface area contributed by atoms with Crippen molar-refractivity contribution in [1.82, 2.24) is 15.2 Å². The van der Waals surface area contributed by atoms with Gasteiger partial charge in [-0.3, -0.25) is 4.90 Å². The van der Waals surface area contributed by atoms with Crippen molar-refractivity contribution in [1.29, 1.82) is 0 Å². The monoisotopic (exact) mass is 252 g/mol. The Morgan fingerprint density at radius 1 is 1.44 bits per heavy atom. The second kappa shape index (κ2) is 6.20. The van der Waals surface area contributed by atoms with Gasteiger partial charge < -0.3 is 14.6 Å². The molecule has 1 saturated heterocycles. The summed E-state index contributed by atoms with van der Waals surface area (Å²) >= 11 is 0. The average Bonchev–Trinajstić information content (AvgIpc) is 2.85. The summed E-state index contributed by atoms with van der Waals surface area (Å²) in [4.78, 5) is 9.21. The topological polar surface area (TPSA) is 44.5 Å². The average molecular weight is 252 g/mol. The molecule has 1 N–H and O–H groups in total. The van der Waals surface area contributed by atoms with Crippen LogP contribution >= 0.6 is 0 Å². The van der Waals surface area contributed by atoms with Gasteiger partial charge in [0, 0.05) is 32.2 Å². The van der Waals surface area contributed by atoms with Gasteiger partial charge in [0.1, 0.15) is 6.26 Å². The number of nitrogens with zero attached hydrogens (tertiary/aromatic N) is 3. The zero-order chi connectivity index (χ0) is 13.0. The molecule has 0 saturated carbocycles. The fourth-order valence-corrected chi connectivity index (χ4v) is 2.34. The number of oxazole rings is 1. The van der Waals surface area contributed by atoms with E-state index in [1.54, 1.807) is 6.26 Å². The van der Waals surface area contributed by atoms with E-state index in [0.29, 0.717) is 6.04 Å². The van der Waals surface area contributed by atoms with Crippen molar-refractivity contribution in [3.05, 3.63) is 12.0 Å². The molecule has 0 radical (unpaired) electrons. The molecule has 0 aromatic carbocycles. The molecule has 5 heteroatoms. The van der Waals surface area contributed by atoms with Crippen molar-refractivity contribution < 1.29 is 4.42 Å². The van der Waals surface area contributed by atoms with Gasteiger partial charge in [-0.25, -0.2) is 0 Å². The second-order valence-electron chi connectivity index (χ2n) is 4.89. The molecule has 0 bridgehead atoms. The van der Waals surface area contributed by atoms with E-state index < -0.39 is 0 Å². The Labute approximate surface area is 109 Å². The SMILES string of the molecule is CCNCc1coc(N2CCN(C)C(CC)C2)n1. The third kappa shape index (κ3) is 3.03. The van der Waals surface area contributed by atoms with Crippen LogP contribution in [0.5, 0.6) is 0 Å². The van der Waals surface area contributed by atoms with Gasteiger partial charge in [-0.15, -0.1) is 0 Å². The number of rotatable bonds is 5. The summed E-state index contributed by atoms with van der Waals surface area (Å²) in [6.07, 6.45) is 2.93. The van der Waals surface area contributed by atoms with Gasteiger partial charge in [-0.1, -0.05) is 13.8 Å². The van der Waals surface area contributed by atoms with Crippen LogP contribution in [0.3, 0.4) is 0 Å². The quantitative estimate of drug-likeness (QED) is 0.856. The Hall–Kier alpha value is -1.07. The molecule has 1 fully saturated rings. The molecule has 18 heavy (non-hydrogen) atoms. The third-order valence-electron chi connectivity index (χ3n) is 3.61. The van der Waals surface area contributed by atoms with Crippen LogP contribution in [-0.2, 0) is 6.54 Å². The van der Waals surface area contributed by atoms with Crippen molar-refractivity contribution in [2.24, 2.45) is 0 Å². The summed E-state index contributed by atoms with van der Waals surface area (Å²) in [5.74, 6) is 0. The van der Waals surface area contributed by atoms with E-state index in [1.165, 1.54) is 0 Å².